The third kappa shape index (κ3) is 2.71. The maximum Gasteiger partial charge on any atom is 0.0408 e. The molecule has 2 atom stereocenters. The first-order chi connectivity index (χ1) is 9.25. The van der Waals surface area contributed by atoms with E-state index in [4.69, 9.17) is 11.6 Å². The summed E-state index contributed by atoms with van der Waals surface area (Å²) in [6.07, 6.45) is 1.21. The van der Waals surface area contributed by atoms with E-state index >= 15 is 0 Å². The highest BCUT2D eigenvalue weighted by Crippen LogP contribution is 2.41. The van der Waals surface area contributed by atoms with E-state index < -0.39 is 0 Å². The number of hydrogen-bond acceptors (Lipinski definition) is 2. The van der Waals surface area contributed by atoms with Crippen LogP contribution < -0.4 is 5.32 Å². The van der Waals surface area contributed by atoms with Gasteiger partial charge in [0.05, 0.1) is 0 Å². The molecule has 1 saturated heterocycles. The number of benzene rings is 1. The van der Waals surface area contributed by atoms with Gasteiger partial charge >= 0.3 is 0 Å². The Morgan fingerprint density at radius 2 is 2.16 bits per heavy atom. The van der Waals surface area contributed by atoms with Crippen molar-refractivity contribution >= 4 is 22.9 Å². The maximum atomic E-state index is 6.15. The lowest BCUT2D eigenvalue weighted by Crippen LogP contribution is -2.33. The van der Waals surface area contributed by atoms with Crippen molar-refractivity contribution in [3.8, 4) is 0 Å². The molecule has 0 bridgehead atoms. The Balaban J connectivity index is 1.96. The molecular formula is C16H18ClNS. The van der Waals surface area contributed by atoms with Gasteiger partial charge < -0.3 is 5.32 Å². The van der Waals surface area contributed by atoms with Crippen molar-refractivity contribution in [2.24, 2.45) is 0 Å². The molecule has 3 rings (SSSR count). The number of halogens is 1. The average Bonchev–Trinajstić information content (AvgIpc) is 2.85. The SMILES string of the molecule is Cc1ccsc1C1CCNCC1c1cccc(Cl)c1. The number of nitrogens with one attached hydrogen (secondary N) is 1. The third-order valence-corrected chi connectivity index (χ3v) is 5.38. The zero-order valence-corrected chi connectivity index (χ0v) is 12.6. The molecule has 0 aliphatic carbocycles. The predicted molar refractivity (Wildman–Crippen MR) is 83.5 cm³/mol. The first kappa shape index (κ1) is 13.2. The smallest absolute Gasteiger partial charge is 0.0408 e. The van der Waals surface area contributed by atoms with Crippen LogP contribution in [0.1, 0.15) is 34.3 Å². The summed E-state index contributed by atoms with van der Waals surface area (Å²) in [5.41, 5.74) is 2.79. The minimum Gasteiger partial charge on any atom is -0.316 e. The molecule has 1 N–H and O–H groups in total. The molecule has 1 aliphatic heterocycles. The zero-order chi connectivity index (χ0) is 13.2. The number of hydrogen-bond donors (Lipinski definition) is 1. The van der Waals surface area contributed by atoms with E-state index in [1.54, 1.807) is 4.88 Å². The Labute approximate surface area is 123 Å². The van der Waals surface area contributed by atoms with E-state index in [-0.39, 0.29) is 0 Å². The Hall–Kier alpha value is -0.830. The van der Waals surface area contributed by atoms with E-state index in [0.717, 1.165) is 18.1 Å². The predicted octanol–water partition coefficient (Wildman–Crippen LogP) is 4.57. The number of rotatable bonds is 2. The van der Waals surface area contributed by atoms with Gasteiger partial charge in [0.1, 0.15) is 0 Å². The van der Waals surface area contributed by atoms with Gasteiger partial charge in [-0.05, 0) is 54.6 Å². The minimum absolute atomic E-state index is 0.532. The topological polar surface area (TPSA) is 12.0 Å². The molecule has 2 unspecified atom stereocenters. The first-order valence-electron chi connectivity index (χ1n) is 6.76. The van der Waals surface area contributed by atoms with Crippen LogP contribution in [0.25, 0.3) is 0 Å². The molecule has 1 aromatic heterocycles. The van der Waals surface area contributed by atoms with Crippen LogP contribution in [0.15, 0.2) is 35.7 Å². The summed E-state index contributed by atoms with van der Waals surface area (Å²) >= 11 is 8.05. The Morgan fingerprint density at radius 1 is 1.26 bits per heavy atom. The second-order valence-electron chi connectivity index (χ2n) is 5.23. The molecule has 0 saturated carbocycles. The lowest BCUT2D eigenvalue weighted by atomic mass is 9.80. The molecule has 100 valence electrons. The molecule has 2 heterocycles. The molecule has 0 amide bonds. The fraction of sp³-hybridized carbons (Fsp3) is 0.375. The summed E-state index contributed by atoms with van der Waals surface area (Å²) in [6.45, 7) is 4.38. The molecule has 1 aliphatic rings. The highest BCUT2D eigenvalue weighted by Gasteiger charge is 2.29. The van der Waals surface area contributed by atoms with Gasteiger partial charge in [-0.3, -0.25) is 0 Å². The molecule has 19 heavy (non-hydrogen) atoms. The third-order valence-electron chi connectivity index (χ3n) is 4.00. The van der Waals surface area contributed by atoms with Gasteiger partial charge in [-0.15, -0.1) is 11.3 Å². The summed E-state index contributed by atoms with van der Waals surface area (Å²) < 4.78 is 0. The Morgan fingerprint density at radius 3 is 2.89 bits per heavy atom. The van der Waals surface area contributed by atoms with Crippen molar-refractivity contribution in [1.82, 2.24) is 5.32 Å². The molecule has 0 radical (unpaired) electrons. The van der Waals surface area contributed by atoms with Crippen molar-refractivity contribution in [3.63, 3.8) is 0 Å². The van der Waals surface area contributed by atoms with Crippen molar-refractivity contribution in [1.29, 1.82) is 0 Å². The van der Waals surface area contributed by atoms with E-state index in [1.807, 2.05) is 17.4 Å². The van der Waals surface area contributed by atoms with Gasteiger partial charge in [0, 0.05) is 28.3 Å². The van der Waals surface area contributed by atoms with Crippen molar-refractivity contribution in [3.05, 3.63) is 56.7 Å². The molecule has 1 fully saturated rings. The van der Waals surface area contributed by atoms with Crippen LogP contribution in [-0.4, -0.2) is 13.1 Å². The van der Waals surface area contributed by atoms with E-state index in [2.05, 4.69) is 41.9 Å². The summed E-state index contributed by atoms with van der Waals surface area (Å²) in [5.74, 6) is 1.16. The highest BCUT2D eigenvalue weighted by atomic mass is 35.5. The van der Waals surface area contributed by atoms with E-state index in [9.17, 15) is 0 Å². The van der Waals surface area contributed by atoms with Crippen LogP contribution in [0.4, 0.5) is 0 Å². The molecule has 0 spiro atoms. The number of aryl methyl sites for hydroxylation is 1. The molecular weight excluding hydrogens is 274 g/mol. The van der Waals surface area contributed by atoms with E-state index in [0.29, 0.717) is 11.8 Å². The molecule has 1 nitrogen and oxygen atoms in total. The summed E-state index contributed by atoms with van der Waals surface area (Å²) in [7, 11) is 0. The first-order valence-corrected chi connectivity index (χ1v) is 8.01. The quantitative estimate of drug-likeness (QED) is 0.854. The van der Waals surface area contributed by atoms with E-state index in [1.165, 1.54) is 17.5 Å². The van der Waals surface area contributed by atoms with Crippen LogP contribution in [0.2, 0.25) is 5.02 Å². The summed E-state index contributed by atoms with van der Waals surface area (Å²) in [4.78, 5) is 1.55. The van der Waals surface area contributed by atoms with Crippen LogP contribution >= 0.6 is 22.9 Å². The monoisotopic (exact) mass is 291 g/mol. The molecule has 2 aromatic rings. The van der Waals surface area contributed by atoms with Crippen molar-refractivity contribution < 1.29 is 0 Å². The van der Waals surface area contributed by atoms with Crippen molar-refractivity contribution in [2.45, 2.75) is 25.2 Å². The fourth-order valence-corrected chi connectivity index (χ4v) is 4.35. The fourth-order valence-electron chi connectivity index (χ4n) is 3.02. The molecule has 1 aromatic carbocycles. The van der Waals surface area contributed by atoms with Gasteiger partial charge in [0.25, 0.3) is 0 Å². The highest BCUT2D eigenvalue weighted by molar-refractivity contribution is 7.10. The van der Waals surface area contributed by atoms with Crippen LogP contribution in [0, 0.1) is 6.92 Å². The van der Waals surface area contributed by atoms with Gasteiger partial charge in [-0.25, -0.2) is 0 Å². The number of piperidine rings is 1. The second-order valence-corrected chi connectivity index (χ2v) is 6.61. The lowest BCUT2D eigenvalue weighted by molar-refractivity contribution is 0.407. The number of thiophene rings is 1. The normalized spacial score (nSPS) is 23.5. The Bertz CT molecular complexity index is 563. The summed E-state index contributed by atoms with van der Waals surface area (Å²) in [6, 6.07) is 10.6. The maximum absolute atomic E-state index is 6.15. The van der Waals surface area contributed by atoms with Crippen LogP contribution in [0.5, 0.6) is 0 Å². The van der Waals surface area contributed by atoms with Gasteiger partial charge in [0.15, 0.2) is 0 Å². The van der Waals surface area contributed by atoms with Crippen LogP contribution in [-0.2, 0) is 0 Å². The largest absolute Gasteiger partial charge is 0.316 e. The molecule has 3 heteroatoms. The Kier molecular flexibility index (Phi) is 3.92. The van der Waals surface area contributed by atoms with Gasteiger partial charge in [-0.2, -0.15) is 0 Å². The van der Waals surface area contributed by atoms with Gasteiger partial charge in [-0.1, -0.05) is 23.7 Å². The minimum atomic E-state index is 0.532. The standard InChI is InChI=1S/C16H18ClNS/c1-11-6-8-19-16(11)14-5-7-18-10-15(14)12-3-2-4-13(17)9-12/h2-4,6,8-9,14-15,18H,5,7,10H2,1H3. The lowest BCUT2D eigenvalue weighted by Gasteiger charge is -2.32. The van der Waals surface area contributed by atoms with Crippen LogP contribution in [0.3, 0.4) is 0 Å². The average molecular weight is 292 g/mol. The van der Waals surface area contributed by atoms with Gasteiger partial charge in [0.2, 0.25) is 0 Å². The summed E-state index contributed by atoms with van der Waals surface area (Å²) in [5, 5.41) is 6.57. The zero-order valence-electron chi connectivity index (χ0n) is 11.0. The van der Waals surface area contributed by atoms with Crippen molar-refractivity contribution in [2.75, 3.05) is 13.1 Å². The second kappa shape index (κ2) is 5.66.